The largest absolute Gasteiger partial charge is 0.357 e. The molecule has 3 rings (SSSR count). The summed E-state index contributed by atoms with van der Waals surface area (Å²) in [6.07, 6.45) is 3.19. The average molecular weight is 331 g/mol. The van der Waals surface area contributed by atoms with Crippen LogP contribution in [0.25, 0.3) is 10.6 Å². The summed E-state index contributed by atoms with van der Waals surface area (Å²) in [4.78, 5) is 18.9. The van der Waals surface area contributed by atoms with Crippen LogP contribution >= 0.6 is 22.9 Å². The Hall–Kier alpha value is -2.44. The number of carbonyl (C=O) groups is 1. The maximum absolute atomic E-state index is 11.7. The second-order valence-electron chi connectivity index (χ2n) is 4.37. The number of rotatable bonds is 4. The molecule has 3 aromatic rings. The van der Waals surface area contributed by atoms with Gasteiger partial charge in [-0.25, -0.2) is 10.4 Å². The molecule has 0 saturated carbocycles. The van der Waals surface area contributed by atoms with E-state index in [2.05, 4.69) is 20.5 Å². The molecule has 0 saturated heterocycles. The number of carbonyl (C=O) groups excluding carboxylic acids is 1. The lowest BCUT2D eigenvalue weighted by Gasteiger charge is -1.96. The van der Waals surface area contributed by atoms with Crippen LogP contribution in [0.3, 0.4) is 0 Å². The van der Waals surface area contributed by atoms with E-state index in [-0.39, 0.29) is 5.91 Å². The average Bonchev–Trinajstić information content (AvgIpc) is 3.19. The normalized spacial score (nSPS) is 11.0. The first kappa shape index (κ1) is 14.5. The van der Waals surface area contributed by atoms with Gasteiger partial charge in [-0.2, -0.15) is 5.10 Å². The van der Waals surface area contributed by atoms with Crippen LogP contribution in [0.1, 0.15) is 16.2 Å². The molecule has 0 aliphatic carbocycles. The molecule has 0 aliphatic heterocycles. The van der Waals surface area contributed by atoms with Gasteiger partial charge < -0.3 is 4.98 Å². The molecule has 0 bridgehead atoms. The van der Waals surface area contributed by atoms with Crippen LogP contribution in [-0.4, -0.2) is 22.1 Å². The summed E-state index contributed by atoms with van der Waals surface area (Å²) in [5.74, 6) is -0.297. The van der Waals surface area contributed by atoms with Gasteiger partial charge in [0.2, 0.25) is 0 Å². The molecule has 0 radical (unpaired) electrons. The van der Waals surface area contributed by atoms with Crippen LogP contribution < -0.4 is 5.43 Å². The van der Waals surface area contributed by atoms with Crippen molar-refractivity contribution in [2.75, 3.05) is 0 Å². The van der Waals surface area contributed by atoms with E-state index in [9.17, 15) is 4.79 Å². The monoisotopic (exact) mass is 330 g/mol. The van der Waals surface area contributed by atoms with Crippen molar-refractivity contribution in [3.05, 3.63) is 64.4 Å². The Labute approximate surface area is 135 Å². The molecule has 0 fully saturated rings. The number of aromatic nitrogens is 2. The van der Waals surface area contributed by atoms with Gasteiger partial charge in [-0.3, -0.25) is 4.79 Å². The zero-order chi connectivity index (χ0) is 15.4. The molecule has 110 valence electrons. The SMILES string of the molecule is O=C(N/N=C\c1csc(-c2ccc(Cl)cc2)n1)c1ccc[nH]1. The minimum absolute atomic E-state index is 0.297. The van der Waals surface area contributed by atoms with Gasteiger partial charge in [0.1, 0.15) is 10.7 Å². The predicted octanol–water partition coefficient (Wildman–Crippen LogP) is 3.56. The second-order valence-corrected chi connectivity index (χ2v) is 5.66. The van der Waals surface area contributed by atoms with Crippen molar-refractivity contribution < 1.29 is 4.79 Å². The minimum atomic E-state index is -0.297. The van der Waals surface area contributed by atoms with Crippen LogP contribution in [0.2, 0.25) is 5.02 Å². The Morgan fingerprint density at radius 1 is 1.32 bits per heavy atom. The van der Waals surface area contributed by atoms with Crippen molar-refractivity contribution in [3.8, 4) is 10.6 Å². The van der Waals surface area contributed by atoms with Gasteiger partial charge in [-0.15, -0.1) is 11.3 Å². The van der Waals surface area contributed by atoms with Crippen molar-refractivity contribution in [1.82, 2.24) is 15.4 Å². The van der Waals surface area contributed by atoms with Crippen molar-refractivity contribution in [2.45, 2.75) is 0 Å². The number of hydrogen-bond acceptors (Lipinski definition) is 4. The number of thiazole rings is 1. The fraction of sp³-hybridized carbons (Fsp3) is 0. The van der Waals surface area contributed by atoms with Crippen LogP contribution in [0.15, 0.2) is 53.1 Å². The number of amides is 1. The van der Waals surface area contributed by atoms with E-state index < -0.39 is 0 Å². The highest BCUT2D eigenvalue weighted by molar-refractivity contribution is 7.13. The Morgan fingerprint density at radius 3 is 2.86 bits per heavy atom. The second kappa shape index (κ2) is 6.55. The molecule has 0 unspecified atom stereocenters. The first-order chi connectivity index (χ1) is 10.7. The number of nitrogens with zero attached hydrogens (tertiary/aromatic N) is 2. The van der Waals surface area contributed by atoms with Crippen LogP contribution in [0, 0.1) is 0 Å². The highest BCUT2D eigenvalue weighted by Crippen LogP contribution is 2.24. The van der Waals surface area contributed by atoms with Crippen LogP contribution in [0.4, 0.5) is 0 Å². The van der Waals surface area contributed by atoms with Crippen LogP contribution in [0.5, 0.6) is 0 Å². The van der Waals surface area contributed by atoms with Gasteiger partial charge in [-0.05, 0) is 24.3 Å². The summed E-state index contributed by atoms with van der Waals surface area (Å²) >= 11 is 7.36. The molecule has 0 aliphatic rings. The van der Waals surface area contributed by atoms with E-state index >= 15 is 0 Å². The summed E-state index contributed by atoms with van der Waals surface area (Å²) in [6, 6.07) is 10.9. The van der Waals surface area contributed by atoms with E-state index in [0.717, 1.165) is 10.6 Å². The molecule has 2 heterocycles. The van der Waals surface area contributed by atoms with E-state index in [0.29, 0.717) is 16.4 Å². The van der Waals surface area contributed by atoms with Crippen molar-refractivity contribution in [1.29, 1.82) is 0 Å². The zero-order valence-corrected chi connectivity index (χ0v) is 12.9. The lowest BCUT2D eigenvalue weighted by Crippen LogP contribution is -2.17. The molecule has 0 atom stereocenters. The quantitative estimate of drug-likeness (QED) is 0.567. The Balaban J connectivity index is 1.65. The summed E-state index contributed by atoms with van der Waals surface area (Å²) in [5, 5.41) is 7.32. The fourth-order valence-corrected chi connectivity index (χ4v) is 2.66. The van der Waals surface area contributed by atoms with E-state index in [4.69, 9.17) is 11.6 Å². The highest BCUT2D eigenvalue weighted by Gasteiger charge is 2.05. The number of benzene rings is 1. The van der Waals surface area contributed by atoms with E-state index in [1.54, 1.807) is 18.3 Å². The molecule has 5 nitrogen and oxygen atoms in total. The lowest BCUT2D eigenvalue weighted by molar-refractivity contribution is 0.0951. The Bertz CT molecular complexity index is 793. The number of halogens is 1. The molecule has 1 amide bonds. The van der Waals surface area contributed by atoms with Crippen molar-refractivity contribution >= 4 is 35.1 Å². The van der Waals surface area contributed by atoms with E-state index in [1.807, 2.05) is 29.6 Å². The summed E-state index contributed by atoms with van der Waals surface area (Å²) in [6.45, 7) is 0. The van der Waals surface area contributed by atoms with Gasteiger partial charge in [0.15, 0.2) is 0 Å². The van der Waals surface area contributed by atoms with Crippen LogP contribution in [-0.2, 0) is 0 Å². The molecular formula is C15H11ClN4OS. The maximum Gasteiger partial charge on any atom is 0.287 e. The van der Waals surface area contributed by atoms with E-state index in [1.165, 1.54) is 17.6 Å². The van der Waals surface area contributed by atoms with Gasteiger partial charge >= 0.3 is 0 Å². The van der Waals surface area contributed by atoms with Crippen molar-refractivity contribution in [3.63, 3.8) is 0 Å². The summed E-state index contributed by atoms with van der Waals surface area (Å²) < 4.78 is 0. The minimum Gasteiger partial charge on any atom is -0.357 e. The molecule has 2 aromatic heterocycles. The fourth-order valence-electron chi connectivity index (χ4n) is 1.76. The first-order valence-corrected chi connectivity index (χ1v) is 7.66. The third-order valence-corrected chi connectivity index (χ3v) is 3.98. The summed E-state index contributed by atoms with van der Waals surface area (Å²) in [5.41, 5.74) is 4.56. The number of aromatic amines is 1. The third kappa shape index (κ3) is 3.41. The van der Waals surface area contributed by atoms with Crippen molar-refractivity contribution in [2.24, 2.45) is 5.10 Å². The zero-order valence-electron chi connectivity index (χ0n) is 11.3. The molecule has 7 heteroatoms. The molecule has 22 heavy (non-hydrogen) atoms. The number of nitrogens with one attached hydrogen (secondary N) is 2. The molecule has 2 N–H and O–H groups in total. The molecular weight excluding hydrogens is 320 g/mol. The third-order valence-electron chi connectivity index (χ3n) is 2.82. The number of hydrazone groups is 1. The standard InChI is InChI=1S/C15H11ClN4OS/c16-11-5-3-10(4-6-11)15-19-12(9-22-15)8-18-20-14(21)13-2-1-7-17-13/h1-9,17H,(H,20,21)/b18-8-. The lowest BCUT2D eigenvalue weighted by atomic mass is 10.2. The Kier molecular flexibility index (Phi) is 4.32. The molecule has 0 spiro atoms. The number of H-pyrrole nitrogens is 1. The maximum atomic E-state index is 11.7. The molecule has 1 aromatic carbocycles. The predicted molar refractivity (Wildman–Crippen MR) is 88.4 cm³/mol. The van der Waals surface area contributed by atoms with Gasteiger partial charge in [0.25, 0.3) is 5.91 Å². The van der Waals surface area contributed by atoms with Gasteiger partial charge in [-0.1, -0.05) is 23.7 Å². The topological polar surface area (TPSA) is 70.1 Å². The van der Waals surface area contributed by atoms with Gasteiger partial charge in [0.05, 0.1) is 11.9 Å². The Morgan fingerprint density at radius 2 is 2.14 bits per heavy atom. The number of hydrogen-bond donors (Lipinski definition) is 2. The first-order valence-electron chi connectivity index (χ1n) is 6.40. The summed E-state index contributed by atoms with van der Waals surface area (Å²) in [7, 11) is 0. The highest BCUT2D eigenvalue weighted by atomic mass is 35.5. The van der Waals surface area contributed by atoms with Gasteiger partial charge in [0, 0.05) is 22.2 Å². The smallest absolute Gasteiger partial charge is 0.287 e.